The van der Waals surface area contributed by atoms with Crippen LogP contribution in [0.5, 0.6) is 0 Å². The molecule has 0 aliphatic rings. The quantitative estimate of drug-likeness (QED) is 0.682. The molecule has 0 bridgehead atoms. The molecule has 0 aliphatic carbocycles. The van der Waals surface area contributed by atoms with Crippen molar-refractivity contribution in [3.8, 4) is 9.88 Å². The van der Waals surface area contributed by atoms with Gasteiger partial charge in [-0.15, -0.1) is 22.7 Å². The lowest BCUT2D eigenvalue weighted by molar-refractivity contribution is -0.140. The topological polar surface area (TPSA) is 68.7 Å². The van der Waals surface area contributed by atoms with E-state index in [0.717, 1.165) is 9.88 Å². The number of carbonyl (C=O) groups is 2. The summed E-state index contributed by atoms with van der Waals surface area (Å²) in [6, 6.07) is 3.92. The maximum atomic E-state index is 12.6. The van der Waals surface area contributed by atoms with E-state index in [1.807, 2.05) is 17.5 Å². The van der Waals surface area contributed by atoms with E-state index in [9.17, 15) is 9.59 Å². The van der Waals surface area contributed by atoms with Gasteiger partial charge in [0.25, 0.3) is 5.91 Å². The van der Waals surface area contributed by atoms with Crippen molar-refractivity contribution >= 4 is 34.6 Å². The molecule has 0 spiro atoms. The third-order valence-electron chi connectivity index (χ3n) is 3.11. The Hall–Kier alpha value is -1.77. The SMILES string of the molecule is COCCN(CCC(=O)OC)C(=O)c1cnc(-c2cccs2)s1. The summed E-state index contributed by atoms with van der Waals surface area (Å²) in [4.78, 5) is 31.4. The van der Waals surface area contributed by atoms with Crippen LogP contribution < -0.4 is 0 Å². The molecule has 0 atom stereocenters. The molecule has 0 unspecified atom stereocenters. The molecule has 2 rings (SSSR count). The average molecular weight is 354 g/mol. The van der Waals surface area contributed by atoms with Crippen LogP contribution in [0.25, 0.3) is 9.88 Å². The lowest BCUT2D eigenvalue weighted by Gasteiger charge is -2.20. The monoisotopic (exact) mass is 354 g/mol. The van der Waals surface area contributed by atoms with E-state index in [4.69, 9.17) is 4.74 Å². The summed E-state index contributed by atoms with van der Waals surface area (Å²) in [6.45, 7) is 1.11. The lowest BCUT2D eigenvalue weighted by Crippen LogP contribution is -2.35. The van der Waals surface area contributed by atoms with Crippen LogP contribution in [-0.4, -0.2) is 55.7 Å². The maximum absolute atomic E-state index is 12.6. The molecule has 0 saturated carbocycles. The van der Waals surface area contributed by atoms with Gasteiger partial charge in [-0.05, 0) is 11.4 Å². The molecule has 23 heavy (non-hydrogen) atoms. The smallest absolute Gasteiger partial charge is 0.307 e. The number of thiophene rings is 1. The van der Waals surface area contributed by atoms with E-state index in [0.29, 0.717) is 24.6 Å². The number of esters is 1. The molecule has 8 heteroatoms. The second-order valence-corrected chi connectivity index (χ2v) is 6.60. The van der Waals surface area contributed by atoms with Crippen LogP contribution in [0, 0.1) is 0 Å². The molecule has 0 radical (unpaired) electrons. The number of amides is 1. The molecule has 6 nitrogen and oxygen atoms in total. The average Bonchev–Trinajstić information content (AvgIpc) is 3.24. The van der Waals surface area contributed by atoms with Crippen LogP contribution in [0.2, 0.25) is 0 Å². The third-order valence-corrected chi connectivity index (χ3v) is 5.14. The summed E-state index contributed by atoms with van der Waals surface area (Å²) in [6.07, 6.45) is 1.74. The fourth-order valence-electron chi connectivity index (χ4n) is 1.89. The number of hydrogen-bond acceptors (Lipinski definition) is 7. The third kappa shape index (κ3) is 4.85. The molecule has 0 fully saturated rings. The van der Waals surface area contributed by atoms with Crippen molar-refractivity contribution in [1.82, 2.24) is 9.88 Å². The van der Waals surface area contributed by atoms with Crippen molar-refractivity contribution in [3.63, 3.8) is 0 Å². The molecule has 2 heterocycles. The molecule has 0 aliphatic heterocycles. The molecule has 124 valence electrons. The predicted octanol–water partition coefficient (Wildman–Crippen LogP) is 2.52. The molecular formula is C15H18N2O4S2. The zero-order valence-corrected chi connectivity index (χ0v) is 14.6. The predicted molar refractivity (Wildman–Crippen MR) is 89.8 cm³/mol. The summed E-state index contributed by atoms with van der Waals surface area (Å²) in [5.41, 5.74) is 0. The fraction of sp³-hybridized carbons (Fsp3) is 0.400. The second-order valence-electron chi connectivity index (χ2n) is 4.62. The highest BCUT2D eigenvalue weighted by molar-refractivity contribution is 7.21. The first-order chi connectivity index (χ1) is 11.2. The molecule has 0 aromatic carbocycles. The van der Waals surface area contributed by atoms with Crippen LogP contribution in [-0.2, 0) is 14.3 Å². The van der Waals surface area contributed by atoms with Gasteiger partial charge in [-0.2, -0.15) is 0 Å². The van der Waals surface area contributed by atoms with Crippen molar-refractivity contribution in [1.29, 1.82) is 0 Å². The van der Waals surface area contributed by atoms with Crippen LogP contribution >= 0.6 is 22.7 Å². The normalized spacial score (nSPS) is 10.5. The van der Waals surface area contributed by atoms with E-state index in [1.165, 1.54) is 18.4 Å². The number of thiazole rings is 1. The van der Waals surface area contributed by atoms with E-state index >= 15 is 0 Å². The van der Waals surface area contributed by atoms with Gasteiger partial charge in [-0.1, -0.05) is 6.07 Å². The largest absolute Gasteiger partial charge is 0.469 e. The number of rotatable bonds is 8. The number of nitrogens with zero attached hydrogens (tertiary/aromatic N) is 2. The van der Waals surface area contributed by atoms with Crippen molar-refractivity contribution < 1.29 is 19.1 Å². The number of methoxy groups -OCH3 is 2. The van der Waals surface area contributed by atoms with Gasteiger partial charge in [-0.3, -0.25) is 9.59 Å². The fourth-order valence-corrected chi connectivity index (χ4v) is 3.58. The van der Waals surface area contributed by atoms with E-state index < -0.39 is 0 Å². The highest BCUT2D eigenvalue weighted by Crippen LogP contribution is 2.29. The summed E-state index contributed by atoms with van der Waals surface area (Å²) in [5.74, 6) is -0.491. The van der Waals surface area contributed by atoms with Gasteiger partial charge in [0.2, 0.25) is 0 Å². The number of ether oxygens (including phenoxy) is 2. The molecule has 2 aromatic rings. The van der Waals surface area contributed by atoms with Gasteiger partial charge >= 0.3 is 5.97 Å². The zero-order valence-electron chi connectivity index (χ0n) is 13.0. The minimum Gasteiger partial charge on any atom is -0.469 e. The molecule has 2 aromatic heterocycles. The molecular weight excluding hydrogens is 336 g/mol. The molecule has 1 amide bonds. The van der Waals surface area contributed by atoms with Crippen LogP contribution in [0.4, 0.5) is 0 Å². The Morgan fingerprint density at radius 1 is 1.30 bits per heavy atom. The number of carbonyl (C=O) groups excluding carboxylic acids is 2. The lowest BCUT2D eigenvalue weighted by atomic mass is 10.3. The zero-order chi connectivity index (χ0) is 16.7. The first kappa shape index (κ1) is 17.6. The minimum absolute atomic E-state index is 0.147. The standard InChI is InChI=1S/C15H18N2O4S2/c1-20-8-7-17(6-5-13(18)21-2)15(19)12-10-16-14(23-12)11-4-3-9-22-11/h3-4,9-10H,5-8H2,1-2H3. The Morgan fingerprint density at radius 2 is 2.13 bits per heavy atom. The Kier molecular flexibility index (Phi) is 6.69. The van der Waals surface area contributed by atoms with Crippen LogP contribution in [0.1, 0.15) is 16.1 Å². The first-order valence-electron chi connectivity index (χ1n) is 7.00. The van der Waals surface area contributed by atoms with Crippen molar-refractivity contribution in [3.05, 3.63) is 28.6 Å². The molecule has 0 N–H and O–H groups in total. The highest BCUT2D eigenvalue weighted by atomic mass is 32.1. The van der Waals surface area contributed by atoms with Crippen molar-refractivity contribution in [2.24, 2.45) is 0 Å². The van der Waals surface area contributed by atoms with Crippen LogP contribution in [0.15, 0.2) is 23.7 Å². The number of hydrogen-bond donors (Lipinski definition) is 0. The van der Waals surface area contributed by atoms with Gasteiger partial charge in [0, 0.05) is 20.2 Å². The number of aromatic nitrogens is 1. The summed E-state index contributed by atoms with van der Waals surface area (Å²) >= 11 is 2.93. The summed E-state index contributed by atoms with van der Waals surface area (Å²) < 4.78 is 9.66. The van der Waals surface area contributed by atoms with Crippen LogP contribution in [0.3, 0.4) is 0 Å². The van der Waals surface area contributed by atoms with Gasteiger partial charge < -0.3 is 14.4 Å². The van der Waals surface area contributed by atoms with Gasteiger partial charge in [0.05, 0.1) is 31.2 Å². The highest BCUT2D eigenvalue weighted by Gasteiger charge is 2.20. The summed E-state index contributed by atoms with van der Waals surface area (Å²) in [5, 5.41) is 2.79. The first-order valence-corrected chi connectivity index (χ1v) is 8.70. The van der Waals surface area contributed by atoms with E-state index in [2.05, 4.69) is 9.72 Å². The van der Waals surface area contributed by atoms with Crippen molar-refractivity contribution in [2.75, 3.05) is 33.9 Å². The van der Waals surface area contributed by atoms with E-state index in [1.54, 1.807) is 29.5 Å². The summed E-state index contributed by atoms with van der Waals surface area (Å²) in [7, 11) is 2.91. The Bertz CT molecular complexity index is 640. The second kappa shape index (κ2) is 8.76. The van der Waals surface area contributed by atoms with Gasteiger partial charge in [0.1, 0.15) is 9.88 Å². The minimum atomic E-state index is -0.344. The maximum Gasteiger partial charge on any atom is 0.307 e. The van der Waals surface area contributed by atoms with Gasteiger partial charge in [0.15, 0.2) is 0 Å². The van der Waals surface area contributed by atoms with Crippen molar-refractivity contribution in [2.45, 2.75) is 6.42 Å². The Labute approximate surface area is 142 Å². The van der Waals surface area contributed by atoms with E-state index in [-0.39, 0.29) is 18.3 Å². The van der Waals surface area contributed by atoms with Gasteiger partial charge in [-0.25, -0.2) is 4.98 Å². The Balaban J connectivity index is 2.07. The molecule has 0 saturated heterocycles. The Morgan fingerprint density at radius 3 is 2.78 bits per heavy atom.